The molecule has 0 saturated carbocycles. The van der Waals surface area contributed by atoms with E-state index in [0.29, 0.717) is 19.5 Å². The molecule has 1 fully saturated rings. The molecule has 1 saturated heterocycles. The Hall–Kier alpha value is -3.92. The van der Waals surface area contributed by atoms with Gasteiger partial charge in [0.2, 0.25) is 0 Å². The van der Waals surface area contributed by atoms with Crippen molar-refractivity contribution in [3.05, 3.63) is 96.1 Å². The molecule has 4 heteroatoms. The summed E-state index contributed by atoms with van der Waals surface area (Å²) in [7, 11) is 0. The van der Waals surface area contributed by atoms with E-state index >= 15 is 0 Å². The first-order chi connectivity index (χ1) is 15.7. The minimum absolute atomic E-state index is 0.335. The number of hydrogen-bond donors (Lipinski definition) is 1. The number of carboxylic acids is 1. The molecular formula is C28H24N2O2. The fourth-order valence-electron chi connectivity index (χ4n) is 4.28. The van der Waals surface area contributed by atoms with Crippen LogP contribution in [-0.2, 0) is 4.79 Å². The fourth-order valence-corrected chi connectivity index (χ4v) is 4.28. The molecule has 4 nitrogen and oxygen atoms in total. The smallest absolute Gasteiger partial charge is 0.308 e. The van der Waals surface area contributed by atoms with Gasteiger partial charge in [-0.1, -0.05) is 78.9 Å². The Balaban J connectivity index is 1.58. The van der Waals surface area contributed by atoms with Crippen LogP contribution in [0.25, 0.3) is 34.2 Å². The van der Waals surface area contributed by atoms with Crippen LogP contribution >= 0.6 is 0 Å². The molecule has 5 rings (SSSR count). The van der Waals surface area contributed by atoms with Crippen molar-refractivity contribution >= 4 is 34.8 Å². The lowest BCUT2D eigenvalue weighted by Crippen LogP contribution is -2.23. The van der Waals surface area contributed by atoms with Gasteiger partial charge in [0.15, 0.2) is 0 Å². The second kappa shape index (κ2) is 8.67. The van der Waals surface area contributed by atoms with Crippen molar-refractivity contribution in [2.24, 2.45) is 5.92 Å². The average molecular weight is 421 g/mol. The minimum Gasteiger partial charge on any atom is -0.481 e. The quantitative estimate of drug-likeness (QED) is 0.403. The Bertz CT molecular complexity index is 1280. The number of aromatic nitrogens is 1. The van der Waals surface area contributed by atoms with Gasteiger partial charge < -0.3 is 10.0 Å². The van der Waals surface area contributed by atoms with Crippen LogP contribution in [0.1, 0.15) is 17.5 Å². The van der Waals surface area contributed by atoms with Gasteiger partial charge in [0.05, 0.1) is 11.4 Å². The van der Waals surface area contributed by atoms with Crippen LogP contribution in [0.5, 0.6) is 0 Å². The Morgan fingerprint density at radius 2 is 1.62 bits per heavy atom. The summed E-state index contributed by atoms with van der Waals surface area (Å²) in [6.07, 6.45) is 4.88. The van der Waals surface area contributed by atoms with Gasteiger partial charge in [-0.15, -0.1) is 0 Å². The van der Waals surface area contributed by atoms with Crippen LogP contribution in [0.15, 0.2) is 84.9 Å². The van der Waals surface area contributed by atoms with Crippen LogP contribution in [0.4, 0.5) is 5.82 Å². The summed E-state index contributed by atoms with van der Waals surface area (Å²) >= 11 is 0. The largest absolute Gasteiger partial charge is 0.481 e. The molecular weight excluding hydrogens is 396 g/mol. The summed E-state index contributed by atoms with van der Waals surface area (Å²) in [6, 6.07) is 29.0. The molecule has 1 atom stereocenters. The number of rotatable bonds is 5. The third-order valence-corrected chi connectivity index (χ3v) is 6.03. The van der Waals surface area contributed by atoms with E-state index in [1.54, 1.807) is 0 Å². The molecule has 32 heavy (non-hydrogen) atoms. The van der Waals surface area contributed by atoms with Crippen molar-refractivity contribution < 1.29 is 9.90 Å². The summed E-state index contributed by atoms with van der Waals surface area (Å²) in [5.74, 6) is -0.225. The molecule has 0 amide bonds. The zero-order valence-electron chi connectivity index (χ0n) is 17.7. The summed E-state index contributed by atoms with van der Waals surface area (Å²) in [5, 5.41) is 10.5. The lowest BCUT2D eigenvalue weighted by atomic mass is 9.99. The van der Waals surface area contributed by atoms with Crippen molar-refractivity contribution in [3.63, 3.8) is 0 Å². The zero-order chi connectivity index (χ0) is 21.9. The molecule has 2 heterocycles. The van der Waals surface area contributed by atoms with E-state index in [-0.39, 0.29) is 5.92 Å². The molecule has 0 aliphatic carbocycles. The maximum absolute atomic E-state index is 11.4. The highest BCUT2D eigenvalue weighted by atomic mass is 16.4. The van der Waals surface area contributed by atoms with E-state index in [4.69, 9.17) is 4.98 Å². The SMILES string of the molecule is O=C(O)C1CCN(c2cc(-c3ccccc3)c3cc(C=Cc4ccccc4)ccc3n2)C1. The highest BCUT2D eigenvalue weighted by Crippen LogP contribution is 2.34. The molecule has 1 aliphatic rings. The second-order valence-electron chi connectivity index (χ2n) is 8.18. The van der Waals surface area contributed by atoms with Gasteiger partial charge in [-0.3, -0.25) is 4.79 Å². The monoisotopic (exact) mass is 420 g/mol. The van der Waals surface area contributed by atoms with Crippen LogP contribution in [0, 0.1) is 5.92 Å². The first kappa shape index (κ1) is 20.0. The lowest BCUT2D eigenvalue weighted by Gasteiger charge is -2.19. The van der Waals surface area contributed by atoms with Gasteiger partial charge in [-0.25, -0.2) is 4.98 Å². The number of pyridine rings is 1. The van der Waals surface area contributed by atoms with E-state index < -0.39 is 5.97 Å². The van der Waals surface area contributed by atoms with Gasteiger partial charge in [-0.2, -0.15) is 0 Å². The van der Waals surface area contributed by atoms with Crippen LogP contribution < -0.4 is 4.90 Å². The number of carboxylic acid groups (broad SMARTS) is 1. The van der Waals surface area contributed by atoms with Crippen molar-refractivity contribution in [3.8, 4) is 11.1 Å². The molecule has 3 aromatic carbocycles. The minimum atomic E-state index is -0.730. The molecule has 1 aromatic heterocycles. The van der Waals surface area contributed by atoms with Gasteiger partial charge in [0, 0.05) is 18.5 Å². The van der Waals surface area contributed by atoms with Crippen molar-refractivity contribution in [1.82, 2.24) is 4.98 Å². The van der Waals surface area contributed by atoms with Gasteiger partial charge in [-0.05, 0) is 46.9 Å². The molecule has 0 radical (unpaired) electrons. The van der Waals surface area contributed by atoms with E-state index in [0.717, 1.165) is 39.0 Å². The number of anilines is 1. The Morgan fingerprint density at radius 1 is 0.906 bits per heavy atom. The summed E-state index contributed by atoms with van der Waals surface area (Å²) in [5.41, 5.74) is 5.42. The number of aliphatic carboxylic acids is 1. The van der Waals surface area contributed by atoms with Crippen molar-refractivity contribution in [2.75, 3.05) is 18.0 Å². The highest BCUT2D eigenvalue weighted by molar-refractivity contribution is 5.97. The number of benzene rings is 3. The third-order valence-electron chi connectivity index (χ3n) is 6.03. The molecule has 0 spiro atoms. The maximum atomic E-state index is 11.4. The Labute approximate surface area is 187 Å². The van der Waals surface area contributed by atoms with E-state index in [1.807, 2.05) is 36.4 Å². The normalized spacial score (nSPS) is 16.1. The molecule has 0 bridgehead atoms. The highest BCUT2D eigenvalue weighted by Gasteiger charge is 2.29. The molecule has 1 N–H and O–H groups in total. The van der Waals surface area contributed by atoms with E-state index in [9.17, 15) is 9.90 Å². The van der Waals surface area contributed by atoms with Crippen LogP contribution in [0.3, 0.4) is 0 Å². The topological polar surface area (TPSA) is 53.4 Å². The van der Waals surface area contributed by atoms with Gasteiger partial charge in [0.25, 0.3) is 0 Å². The van der Waals surface area contributed by atoms with Crippen LogP contribution in [-0.4, -0.2) is 29.1 Å². The maximum Gasteiger partial charge on any atom is 0.308 e. The predicted molar refractivity (Wildman–Crippen MR) is 131 cm³/mol. The first-order valence-corrected chi connectivity index (χ1v) is 10.9. The van der Waals surface area contributed by atoms with Gasteiger partial charge in [0.1, 0.15) is 5.82 Å². The Kier molecular flexibility index (Phi) is 5.42. The summed E-state index contributed by atoms with van der Waals surface area (Å²) < 4.78 is 0. The second-order valence-corrected chi connectivity index (χ2v) is 8.18. The van der Waals surface area contributed by atoms with E-state index in [2.05, 4.69) is 65.6 Å². The number of hydrogen-bond acceptors (Lipinski definition) is 3. The van der Waals surface area contributed by atoms with Crippen molar-refractivity contribution in [2.45, 2.75) is 6.42 Å². The summed E-state index contributed by atoms with van der Waals surface area (Å²) in [4.78, 5) is 18.4. The predicted octanol–water partition coefficient (Wildman–Crippen LogP) is 5.98. The summed E-state index contributed by atoms with van der Waals surface area (Å²) in [6.45, 7) is 1.21. The van der Waals surface area contributed by atoms with Crippen LogP contribution in [0.2, 0.25) is 0 Å². The lowest BCUT2D eigenvalue weighted by molar-refractivity contribution is -0.140. The van der Waals surface area contributed by atoms with E-state index in [1.165, 1.54) is 0 Å². The van der Waals surface area contributed by atoms with Crippen molar-refractivity contribution in [1.29, 1.82) is 0 Å². The average Bonchev–Trinajstić information content (AvgIpc) is 3.34. The first-order valence-electron chi connectivity index (χ1n) is 10.9. The Morgan fingerprint density at radius 3 is 2.34 bits per heavy atom. The molecule has 4 aromatic rings. The third kappa shape index (κ3) is 4.12. The fraction of sp³-hybridized carbons (Fsp3) is 0.143. The number of carbonyl (C=O) groups is 1. The molecule has 1 aliphatic heterocycles. The standard InChI is InChI=1S/C28H24N2O2/c31-28(32)23-15-16-30(19-23)27-18-24(22-9-5-2-6-10-22)25-17-21(13-14-26(25)29-27)12-11-20-7-3-1-4-8-20/h1-14,17-18,23H,15-16,19H2,(H,31,32). The van der Waals surface area contributed by atoms with Gasteiger partial charge >= 0.3 is 5.97 Å². The molecule has 1 unspecified atom stereocenters. The molecule has 158 valence electrons. The number of fused-ring (bicyclic) bond motifs is 1. The number of nitrogens with zero attached hydrogens (tertiary/aromatic N) is 2. The zero-order valence-corrected chi connectivity index (χ0v) is 17.7.